The SMILES string of the molecule is COC1Cc2ccc(C(N)=O)cc2C(C)(C)C1NCCC(=O)N(C)Cc1ccccc1. The summed E-state index contributed by atoms with van der Waals surface area (Å²) in [7, 11) is 3.55. The molecule has 6 heteroatoms. The molecule has 1 aliphatic carbocycles. The highest BCUT2D eigenvalue weighted by Gasteiger charge is 2.42. The van der Waals surface area contributed by atoms with Crippen molar-refractivity contribution in [3.8, 4) is 0 Å². The topological polar surface area (TPSA) is 84.7 Å². The summed E-state index contributed by atoms with van der Waals surface area (Å²) in [6.07, 6.45) is 1.12. The van der Waals surface area contributed by atoms with E-state index in [9.17, 15) is 9.59 Å². The molecule has 0 aromatic heterocycles. The highest BCUT2D eigenvalue weighted by atomic mass is 16.5. The number of carbonyl (C=O) groups excluding carboxylic acids is 2. The van der Waals surface area contributed by atoms with Crippen LogP contribution in [0, 0.1) is 0 Å². The fourth-order valence-electron chi connectivity index (χ4n) is 4.55. The van der Waals surface area contributed by atoms with E-state index in [-0.39, 0.29) is 23.5 Å². The van der Waals surface area contributed by atoms with Crippen LogP contribution in [0.3, 0.4) is 0 Å². The minimum Gasteiger partial charge on any atom is -0.379 e. The van der Waals surface area contributed by atoms with E-state index in [4.69, 9.17) is 10.5 Å². The van der Waals surface area contributed by atoms with Crippen molar-refractivity contribution in [2.45, 2.75) is 50.8 Å². The van der Waals surface area contributed by atoms with Crippen LogP contribution in [0.2, 0.25) is 0 Å². The van der Waals surface area contributed by atoms with Crippen molar-refractivity contribution in [1.29, 1.82) is 0 Å². The average Bonchev–Trinajstić information content (AvgIpc) is 2.75. The van der Waals surface area contributed by atoms with Gasteiger partial charge in [-0.15, -0.1) is 0 Å². The number of amides is 2. The number of primary amides is 1. The minimum absolute atomic E-state index is 0.000330. The lowest BCUT2D eigenvalue weighted by Gasteiger charge is -2.45. The van der Waals surface area contributed by atoms with Crippen LogP contribution in [0.4, 0.5) is 0 Å². The second kappa shape index (κ2) is 9.62. The zero-order valence-electron chi connectivity index (χ0n) is 18.9. The molecule has 2 amide bonds. The molecule has 3 rings (SSSR count). The standard InChI is InChI=1S/C25H33N3O3/c1-25(2)20-14-19(24(26)30)11-10-18(20)15-21(31-4)23(25)27-13-12-22(29)28(3)16-17-8-6-5-7-9-17/h5-11,14,21,23,27H,12-13,15-16H2,1-4H3,(H2,26,30). The second-order valence-electron chi connectivity index (χ2n) is 8.85. The Morgan fingerprint density at radius 1 is 1.19 bits per heavy atom. The monoisotopic (exact) mass is 423 g/mol. The smallest absolute Gasteiger partial charge is 0.248 e. The Balaban J connectivity index is 1.66. The number of methoxy groups -OCH3 is 1. The quantitative estimate of drug-likeness (QED) is 0.684. The van der Waals surface area contributed by atoms with E-state index in [0.717, 1.165) is 17.5 Å². The van der Waals surface area contributed by atoms with Crippen molar-refractivity contribution >= 4 is 11.8 Å². The van der Waals surface area contributed by atoms with Crippen molar-refractivity contribution in [3.63, 3.8) is 0 Å². The fraction of sp³-hybridized carbons (Fsp3) is 0.440. The highest BCUT2D eigenvalue weighted by Crippen LogP contribution is 2.38. The Morgan fingerprint density at radius 3 is 2.55 bits per heavy atom. The van der Waals surface area contributed by atoms with Crippen LogP contribution in [0.5, 0.6) is 0 Å². The van der Waals surface area contributed by atoms with Crippen LogP contribution >= 0.6 is 0 Å². The van der Waals surface area contributed by atoms with Crippen LogP contribution in [0.1, 0.15) is 47.3 Å². The summed E-state index contributed by atoms with van der Waals surface area (Å²) in [6.45, 7) is 5.43. The molecule has 0 bridgehead atoms. The molecule has 31 heavy (non-hydrogen) atoms. The van der Waals surface area contributed by atoms with Gasteiger partial charge < -0.3 is 20.7 Å². The van der Waals surface area contributed by atoms with Crippen molar-refractivity contribution in [1.82, 2.24) is 10.2 Å². The van der Waals surface area contributed by atoms with Crippen molar-refractivity contribution in [2.24, 2.45) is 5.73 Å². The summed E-state index contributed by atoms with van der Waals surface area (Å²) in [5.74, 6) is -0.334. The van der Waals surface area contributed by atoms with Gasteiger partial charge >= 0.3 is 0 Å². The minimum atomic E-state index is -0.427. The van der Waals surface area contributed by atoms with E-state index >= 15 is 0 Å². The Bertz CT molecular complexity index is 927. The average molecular weight is 424 g/mol. The Morgan fingerprint density at radius 2 is 1.90 bits per heavy atom. The number of carbonyl (C=O) groups is 2. The zero-order valence-corrected chi connectivity index (χ0v) is 18.9. The van der Waals surface area contributed by atoms with Gasteiger partial charge in [0.2, 0.25) is 11.8 Å². The van der Waals surface area contributed by atoms with Gasteiger partial charge in [0.15, 0.2) is 0 Å². The summed E-state index contributed by atoms with van der Waals surface area (Å²) in [6, 6.07) is 15.6. The van der Waals surface area contributed by atoms with Crippen molar-refractivity contribution in [2.75, 3.05) is 20.7 Å². The third-order valence-electron chi connectivity index (χ3n) is 6.35. The predicted molar refractivity (Wildman–Crippen MR) is 122 cm³/mol. The molecule has 2 aromatic rings. The van der Waals surface area contributed by atoms with E-state index in [1.807, 2.05) is 49.5 Å². The number of fused-ring (bicyclic) bond motifs is 1. The molecule has 0 spiro atoms. The summed E-state index contributed by atoms with van der Waals surface area (Å²) < 4.78 is 5.81. The first-order valence-electron chi connectivity index (χ1n) is 10.7. The summed E-state index contributed by atoms with van der Waals surface area (Å²) in [4.78, 5) is 26.1. The lowest BCUT2D eigenvalue weighted by atomic mass is 9.67. The summed E-state index contributed by atoms with van der Waals surface area (Å²) in [5.41, 5.74) is 9.10. The van der Waals surface area contributed by atoms with Crippen LogP contribution in [0.25, 0.3) is 0 Å². The molecular weight excluding hydrogens is 390 g/mol. The maximum atomic E-state index is 12.6. The third kappa shape index (κ3) is 5.14. The molecule has 2 aromatic carbocycles. The predicted octanol–water partition coefficient (Wildman–Crippen LogP) is 2.64. The maximum absolute atomic E-state index is 12.6. The second-order valence-corrected chi connectivity index (χ2v) is 8.85. The number of ether oxygens (including phenoxy) is 1. The van der Waals surface area contributed by atoms with Crippen LogP contribution < -0.4 is 11.1 Å². The normalized spacial score (nSPS) is 19.5. The molecule has 0 radical (unpaired) electrons. The zero-order chi connectivity index (χ0) is 22.6. The van der Waals surface area contributed by atoms with Gasteiger partial charge in [-0.05, 0) is 28.8 Å². The number of benzene rings is 2. The molecule has 0 fully saturated rings. The molecule has 0 saturated heterocycles. The van der Waals surface area contributed by atoms with Gasteiger partial charge in [-0.2, -0.15) is 0 Å². The fourth-order valence-corrected chi connectivity index (χ4v) is 4.55. The van der Waals surface area contributed by atoms with Gasteiger partial charge in [0.05, 0.1) is 6.10 Å². The molecule has 1 aliphatic rings. The first kappa shape index (κ1) is 23.0. The van der Waals surface area contributed by atoms with E-state index in [0.29, 0.717) is 25.1 Å². The summed E-state index contributed by atoms with van der Waals surface area (Å²) >= 11 is 0. The molecule has 3 N–H and O–H groups in total. The van der Waals surface area contributed by atoms with Crippen LogP contribution in [-0.2, 0) is 27.9 Å². The molecule has 0 heterocycles. The Kier molecular flexibility index (Phi) is 7.13. The third-order valence-corrected chi connectivity index (χ3v) is 6.35. The number of nitrogens with zero attached hydrogens (tertiary/aromatic N) is 1. The van der Waals surface area contributed by atoms with Gasteiger partial charge in [-0.25, -0.2) is 0 Å². The largest absolute Gasteiger partial charge is 0.379 e. The van der Waals surface area contributed by atoms with E-state index < -0.39 is 5.91 Å². The van der Waals surface area contributed by atoms with E-state index in [1.54, 1.807) is 18.1 Å². The van der Waals surface area contributed by atoms with Crippen molar-refractivity contribution < 1.29 is 14.3 Å². The molecule has 2 unspecified atom stereocenters. The van der Waals surface area contributed by atoms with E-state index in [1.165, 1.54) is 5.56 Å². The molecule has 6 nitrogen and oxygen atoms in total. The van der Waals surface area contributed by atoms with Crippen LogP contribution in [-0.4, -0.2) is 49.6 Å². The Hall–Kier alpha value is -2.70. The van der Waals surface area contributed by atoms with Gasteiger partial charge in [-0.1, -0.05) is 50.2 Å². The summed E-state index contributed by atoms with van der Waals surface area (Å²) in [5, 5.41) is 3.56. The lowest BCUT2D eigenvalue weighted by Crippen LogP contribution is -2.57. The van der Waals surface area contributed by atoms with E-state index in [2.05, 4.69) is 19.2 Å². The number of hydrogen-bond acceptors (Lipinski definition) is 4. The number of hydrogen-bond donors (Lipinski definition) is 2. The number of nitrogens with one attached hydrogen (secondary N) is 1. The van der Waals surface area contributed by atoms with Gasteiger partial charge in [0, 0.05) is 57.1 Å². The van der Waals surface area contributed by atoms with Gasteiger partial charge in [0.25, 0.3) is 0 Å². The van der Waals surface area contributed by atoms with Gasteiger partial charge in [-0.3, -0.25) is 9.59 Å². The van der Waals surface area contributed by atoms with Crippen molar-refractivity contribution in [3.05, 3.63) is 70.8 Å². The number of nitrogens with two attached hydrogens (primary N) is 1. The highest BCUT2D eigenvalue weighted by molar-refractivity contribution is 5.93. The molecule has 166 valence electrons. The number of rotatable bonds is 8. The molecule has 0 aliphatic heterocycles. The Labute approximate surface area is 184 Å². The first-order valence-corrected chi connectivity index (χ1v) is 10.7. The first-order chi connectivity index (χ1) is 14.7. The lowest BCUT2D eigenvalue weighted by molar-refractivity contribution is -0.130. The van der Waals surface area contributed by atoms with Gasteiger partial charge in [0.1, 0.15) is 0 Å². The van der Waals surface area contributed by atoms with Crippen LogP contribution in [0.15, 0.2) is 48.5 Å². The molecule has 2 atom stereocenters. The maximum Gasteiger partial charge on any atom is 0.248 e. The molecule has 0 saturated carbocycles. The molecular formula is C25H33N3O3.